The average Bonchev–Trinajstić information content (AvgIpc) is 2.83. The van der Waals surface area contributed by atoms with Crippen molar-refractivity contribution in [3.05, 3.63) is 101 Å². The number of hydrogen-bond acceptors (Lipinski definition) is 5. The summed E-state index contributed by atoms with van der Waals surface area (Å²) in [5.41, 5.74) is 1.85. The Labute approximate surface area is 212 Å². The molecule has 0 saturated carbocycles. The van der Waals surface area contributed by atoms with Crippen molar-refractivity contribution in [2.75, 3.05) is 20.3 Å². The van der Waals surface area contributed by atoms with Crippen LogP contribution in [0.25, 0.3) is 0 Å². The molecule has 2 N–H and O–H groups in total. The van der Waals surface area contributed by atoms with Gasteiger partial charge in [0.15, 0.2) is 6.61 Å². The molecule has 0 aliphatic heterocycles. The maximum absolute atomic E-state index is 11.7. The first-order valence-electron chi connectivity index (χ1n) is 10.9. The molecule has 0 aliphatic carbocycles. The Hall–Kier alpha value is -2.57. The lowest BCUT2D eigenvalue weighted by Crippen LogP contribution is -2.43. The zero-order valence-corrected chi connectivity index (χ0v) is 20.9. The molecule has 0 saturated heterocycles. The van der Waals surface area contributed by atoms with Crippen molar-refractivity contribution in [2.45, 2.75) is 31.4 Å². The average molecular weight is 504 g/mol. The zero-order valence-electron chi connectivity index (χ0n) is 19.4. The molecular formula is C27H31Cl2NO4. The molecule has 0 spiro atoms. The van der Waals surface area contributed by atoms with E-state index in [1.807, 2.05) is 78.9 Å². The lowest BCUT2D eigenvalue weighted by atomic mass is 9.86. The van der Waals surface area contributed by atoms with Crippen molar-refractivity contribution < 1.29 is 19.4 Å². The first kappa shape index (κ1) is 27.7. The molecule has 3 aromatic rings. The lowest BCUT2D eigenvalue weighted by Gasteiger charge is -2.31. The van der Waals surface area contributed by atoms with Crippen molar-refractivity contribution in [1.82, 2.24) is 5.32 Å². The first-order valence-corrected chi connectivity index (χ1v) is 11.3. The Balaban J connectivity index is 0.00000408. The fourth-order valence-electron chi connectivity index (χ4n) is 3.67. The summed E-state index contributed by atoms with van der Waals surface area (Å²) in [5, 5.41) is 15.7. The fourth-order valence-corrected chi connectivity index (χ4v) is 3.86. The molecule has 5 nitrogen and oxygen atoms in total. The third kappa shape index (κ3) is 8.33. The van der Waals surface area contributed by atoms with Gasteiger partial charge in [-0.25, -0.2) is 4.79 Å². The predicted molar refractivity (Wildman–Crippen MR) is 138 cm³/mol. The van der Waals surface area contributed by atoms with Crippen molar-refractivity contribution in [2.24, 2.45) is 0 Å². The number of benzene rings is 3. The summed E-state index contributed by atoms with van der Waals surface area (Å²) in [6, 6.07) is 25.1. The maximum Gasteiger partial charge on any atom is 0.343 e. The van der Waals surface area contributed by atoms with Crippen LogP contribution in [-0.2, 0) is 28.0 Å². The molecule has 0 aromatic heterocycles. The quantitative estimate of drug-likeness (QED) is 0.361. The number of rotatable bonds is 11. The Morgan fingerprint density at radius 1 is 1.03 bits per heavy atom. The largest absolute Gasteiger partial charge is 0.482 e. The highest BCUT2D eigenvalue weighted by Gasteiger charge is 2.30. The van der Waals surface area contributed by atoms with Crippen LogP contribution in [0.15, 0.2) is 78.9 Å². The smallest absolute Gasteiger partial charge is 0.343 e. The summed E-state index contributed by atoms with van der Waals surface area (Å²) in [7, 11) is 1.33. The number of ether oxygens (including phenoxy) is 2. The Morgan fingerprint density at radius 2 is 1.74 bits per heavy atom. The molecule has 0 amide bonds. The number of aliphatic hydroxyl groups is 1. The van der Waals surface area contributed by atoms with E-state index < -0.39 is 11.6 Å². The van der Waals surface area contributed by atoms with E-state index in [4.69, 9.17) is 16.3 Å². The van der Waals surface area contributed by atoms with Gasteiger partial charge in [-0.1, -0.05) is 66.2 Å². The molecule has 3 aromatic carbocycles. The number of carbonyl (C=O) groups is 1. The molecule has 0 fully saturated rings. The van der Waals surface area contributed by atoms with Gasteiger partial charge in [0, 0.05) is 24.0 Å². The predicted octanol–water partition coefficient (Wildman–Crippen LogP) is 4.96. The Morgan fingerprint density at radius 3 is 2.38 bits per heavy atom. The van der Waals surface area contributed by atoms with E-state index in [9.17, 15) is 9.90 Å². The second-order valence-corrected chi connectivity index (χ2v) is 8.64. The minimum Gasteiger partial charge on any atom is -0.482 e. The van der Waals surface area contributed by atoms with Crippen molar-refractivity contribution in [3.8, 4) is 5.75 Å². The molecule has 182 valence electrons. The van der Waals surface area contributed by atoms with Gasteiger partial charge in [0.25, 0.3) is 0 Å². The fraction of sp³-hybridized carbons (Fsp3) is 0.296. The molecule has 7 heteroatoms. The summed E-state index contributed by atoms with van der Waals surface area (Å²) in [5.74, 6) is 0.197. The number of nitrogens with one attached hydrogen (secondary N) is 1. The van der Waals surface area contributed by atoms with E-state index >= 15 is 0 Å². The van der Waals surface area contributed by atoms with E-state index in [-0.39, 0.29) is 25.1 Å². The standard InChI is InChI=1S/C27H30ClNO4.ClH/c1-20(15-21-11-13-25(14-12-21)33-18-26(30)32-2)29-19-27(31,17-22-7-4-3-5-8-22)23-9-6-10-24(28)16-23;/h3-14,16,20,29,31H,15,17-19H2,1-2H3;1H. The molecule has 0 bridgehead atoms. The topological polar surface area (TPSA) is 67.8 Å². The Kier molecular flexibility index (Phi) is 10.9. The van der Waals surface area contributed by atoms with E-state index in [1.54, 1.807) is 0 Å². The van der Waals surface area contributed by atoms with E-state index in [1.165, 1.54) is 7.11 Å². The summed E-state index contributed by atoms with van der Waals surface area (Å²) in [6.07, 6.45) is 1.24. The molecule has 0 aliphatic rings. The van der Waals surface area contributed by atoms with Gasteiger partial charge >= 0.3 is 5.97 Å². The van der Waals surface area contributed by atoms with E-state index in [2.05, 4.69) is 17.0 Å². The summed E-state index contributed by atoms with van der Waals surface area (Å²) in [6.45, 7) is 2.35. The van der Waals surface area contributed by atoms with Crippen LogP contribution in [-0.4, -0.2) is 37.4 Å². The first-order chi connectivity index (χ1) is 15.9. The van der Waals surface area contributed by atoms with Crippen LogP contribution >= 0.6 is 24.0 Å². The zero-order chi connectivity index (χ0) is 23.7. The van der Waals surface area contributed by atoms with Crippen LogP contribution in [0.5, 0.6) is 5.75 Å². The van der Waals surface area contributed by atoms with Crippen molar-refractivity contribution in [3.63, 3.8) is 0 Å². The second kappa shape index (κ2) is 13.4. The van der Waals surface area contributed by atoms with Crippen LogP contribution in [0.4, 0.5) is 0 Å². The van der Waals surface area contributed by atoms with Gasteiger partial charge in [-0.05, 0) is 54.3 Å². The number of halogens is 2. The van der Waals surface area contributed by atoms with Gasteiger partial charge in [0.1, 0.15) is 11.4 Å². The molecule has 0 radical (unpaired) electrons. The van der Waals surface area contributed by atoms with Gasteiger partial charge in [-0.3, -0.25) is 0 Å². The number of esters is 1. The minimum atomic E-state index is -1.11. The molecule has 0 heterocycles. The third-order valence-corrected chi connectivity index (χ3v) is 5.73. The summed E-state index contributed by atoms with van der Waals surface area (Å²) < 4.78 is 9.97. The molecular weight excluding hydrogens is 473 g/mol. The van der Waals surface area contributed by atoms with Gasteiger partial charge in [-0.2, -0.15) is 0 Å². The molecule has 34 heavy (non-hydrogen) atoms. The number of hydrogen-bond donors (Lipinski definition) is 2. The van der Waals surface area contributed by atoms with Crippen molar-refractivity contribution in [1.29, 1.82) is 0 Å². The highest BCUT2D eigenvalue weighted by Crippen LogP contribution is 2.28. The molecule has 2 atom stereocenters. The third-order valence-electron chi connectivity index (χ3n) is 5.49. The molecule has 3 rings (SSSR count). The summed E-state index contributed by atoms with van der Waals surface area (Å²) in [4.78, 5) is 11.2. The Bertz CT molecular complexity index is 1030. The summed E-state index contributed by atoms with van der Waals surface area (Å²) >= 11 is 6.22. The van der Waals surface area contributed by atoms with Gasteiger partial charge in [0.2, 0.25) is 0 Å². The maximum atomic E-state index is 11.7. The van der Waals surface area contributed by atoms with Crippen LogP contribution in [0, 0.1) is 0 Å². The van der Waals surface area contributed by atoms with Crippen LogP contribution in [0.1, 0.15) is 23.6 Å². The van der Waals surface area contributed by atoms with Crippen LogP contribution in [0.3, 0.4) is 0 Å². The van der Waals surface area contributed by atoms with Gasteiger partial charge in [-0.15, -0.1) is 12.4 Å². The lowest BCUT2D eigenvalue weighted by molar-refractivity contribution is -0.142. The SMILES string of the molecule is COC(=O)COc1ccc(CC(C)NCC(O)(Cc2ccccc2)c2cccc(Cl)c2)cc1.Cl. The van der Waals surface area contributed by atoms with Gasteiger partial charge < -0.3 is 19.9 Å². The number of methoxy groups -OCH3 is 1. The van der Waals surface area contributed by atoms with E-state index in [0.29, 0.717) is 23.7 Å². The normalized spacial score (nSPS) is 13.3. The van der Waals surface area contributed by atoms with Crippen LogP contribution < -0.4 is 10.1 Å². The van der Waals surface area contributed by atoms with Gasteiger partial charge in [0.05, 0.1) is 7.11 Å². The second-order valence-electron chi connectivity index (χ2n) is 8.20. The van der Waals surface area contributed by atoms with Crippen molar-refractivity contribution >= 4 is 30.0 Å². The monoisotopic (exact) mass is 503 g/mol. The van der Waals surface area contributed by atoms with E-state index in [0.717, 1.165) is 23.1 Å². The molecule has 2 unspecified atom stereocenters. The number of carbonyl (C=O) groups excluding carboxylic acids is 1. The van der Waals surface area contributed by atoms with Crippen LogP contribution in [0.2, 0.25) is 5.02 Å². The highest BCUT2D eigenvalue weighted by atomic mass is 35.5. The highest BCUT2D eigenvalue weighted by molar-refractivity contribution is 6.30. The minimum absolute atomic E-state index is 0.